The fraction of sp³-hybridized carbons (Fsp3) is 0.917. The SMILES string of the molecule is BBC(NC(O)(CC)CC)C(=O)C(CC)(CC)C(CC)(CC)NC(B)C(=O)C(O)(CC)CC. The minimum atomic E-state index is -1.36. The van der Waals surface area contributed by atoms with Gasteiger partial charge in [-0.3, -0.25) is 14.9 Å². The van der Waals surface area contributed by atoms with Gasteiger partial charge in [0, 0.05) is 22.8 Å². The van der Waals surface area contributed by atoms with Crippen LogP contribution in [0.5, 0.6) is 0 Å². The van der Waals surface area contributed by atoms with Gasteiger partial charge in [0.25, 0.3) is 0 Å². The molecule has 0 aliphatic rings. The lowest BCUT2D eigenvalue weighted by Crippen LogP contribution is -2.69. The Hall–Kier alpha value is -0.625. The van der Waals surface area contributed by atoms with Gasteiger partial charge in [-0.2, -0.15) is 0 Å². The smallest absolute Gasteiger partial charge is 0.172 e. The number of ketones is 2. The molecule has 0 heterocycles. The van der Waals surface area contributed by atoms with Gasteiger partial charge in [-0.1, -0.05) is 55.4 Å². The Bertz CT molecular complexity index is 617. The molecular weight excluding hydrogens is 413 g/mol. The van der Waals surface area contributed by atoms with E-state index in [1.54, 1.807) is 0 Å². The zero-order valence-corrected chi connectivity index (χ0v) is 23.2. The van der Waals surface area contributed by atoms with Crippen molar-refractivity contribution in [2.24, 2.45) is 5.41 Å². The molecule has 190 valence electrons. The molecule has 0 saturated heterocycles. The zero-order chi connectivity index (χ0) is 26.1. The molecule has 0 aromatic rings. The summed E-state index contributed by atoms with van der Waals surface area (Å²) in [7, 11) is 4.35. The number of hydrogen-bond donors (Lipinski definition) is 4. The predicted octanol–water partition coefficient (Wildman–Crippen LogP) is 0.999. The van der Waals surface area contributed by atoms with Crippen LogP contribution in [0.15, 0.2) is 0 Å². The molecule has 0 aromatic carbocycles. The minimum absolute atomic E-state index is 0.0902. The van der Waals surface area contributed by atoms with Gasteiger partial charge in [0.15, 0.2) is 5.78 Å². The maximum absolute atomic E-state index is 14.2. The second-order valence-electron chi connectivity index (χ2n) is 9.76. The van der Waals surface area contributed by atoms with E-state index < -0.39 is 34.2 Å². The van der Waals surface area contributed by atoms with Crippen molar-refractivity contribution in [1.82, 2.24) is 10.6 Å². The number of Topliss-reactive ketones (excluding diaryl/α,β-unsaturated/α-hetero) is 2. The Labute approximate surface area is 205 Å². The van der Waals surface area contributed by atoms with Gasteiger partial charge in [0.2, 0.25) is 0 Å². The van der Waals surface area contributed by atoms with Crippen LogP contribution in [0, 0.1) is 5.41 Å². The molecule has 33 heavy (non-hydrogen) atoms. The van der Waals surface area contributed by atoms with Crippen molar-refractivity contribution in [3.63, 3.8) is 0 Å². The molecule has 9 heteroatoms. The summed E-state index contributed by atoms with van der Waals surface area (Å²) in [6, 6.07) is 0. The Morgan fingerprint density at radius 1 is 0.758 bits per heavy atom. The van der Waals surface area contributed by atoms with Crippen LogP contribution < -0.4 is 10.6 Å². The van der Waals surface area contributed by atoms with Crippen LogP contribution in [0.3, 0.4) is 0 Å². The van der Waals surface area contributed by atoms with Gasteiger partial charge in [0.05, 0.1) is 7.74 Å². The molecule has 0 spiro atoms. The zero-order valence-electron chi connectivity index (χ0n) is 23.2. The van der Waals surface area contributed by atoms with Crippen LogP contribution in [0.25, 0.3) is 0 Å². The summed E-state index contributed by atoms with van der Waals surface area (Å²) >= 11 is 0. The Morgan fingerprint density at radius 3 is 1.52 bits per heavy atom. The second-order valence-corrected chi connectivity index (χ2v) is 9.76. The average molecular weight is 464 g/mol. The van der Waals surface area contributed by atoms with E-state index in [0.29, 0.717) is 58.5 Å². The minimum Gasteiger partial charge on any atom is -0.382 e. The lowest BCUT2D eigenvalue weighted by molar-refractivity contribution is -0.143. The molecule has 0 fully saturated rings. The van der Waals surface area contributed by atoms with E-state index >= 15 is 0 Å². The maximum atomic E-state index is 14.2. The average Bonchev–Trinajstić information content (AvgIpc) is 2.85. The monoisotopic (exact) mass is 464 g/mol. The molecule has 0 aromatic heterocycles. The molecular formula is C24H51B3N2O4. The Kier molecular flexibility index (Phi) is 13.2. The summed E-state index contributed by atoms with van der Waals surface area (Å²) in [5.41, 5.74) is -3.79. The number of hydrogen-bond acceptors (Lipinski definition) is 6. The molecule has 0 aliphatic carbocycles. The van der Waals surface area contributed by atoms with Crippen LogP contribution in [-0.4, -0.2) is 73.3 Å². The maximum Gasteiger partial charge on any atom is 0.172 e. The first-order valence-corrected chi connectivity index (χ1v) is 13.4. The number of nitrogens with one attached hydrogen (secondary N) is 2. The van der Waals surface area contributed by atoms with Gasteiger partial charge in [-0.25, -0.2) is 0 Å². The normalized spacial score (nSPS) is 15.2. The topological polar surface area (TPSA) is 98.7 Å². The summed E-state index contributed by atoms with van der Waals surface area (Å²) in [4.78, 5) is 27.5. The quantitative estimate of drug-likeness (QED) is 0.179. The fourth-order valence-electron chi connectivity index (χ4n) is 5.73. The summed E-state index contributed by atoms with van der Waals surface area (Å²) in [5, 5.41) is 28.6. The van der Waals surface area contributed by atoms with E-state index in [9.17, 15) is 19.8 Å². The highest BCUT2D eigenvalue weighted by molar-refractivity contribution is 6.92. The first kappa shape index (κ1) is 32.4. The summed E-state index contributed by atoms with van der Waals surface area (Å²) in [6.45, 7) is 15.7. The summed E-state index contributed by atoms with van der Waals surface area (Å²) in [6.07, 6.45) is 4.35. The van der Waals surface area contributed by atoms with Crippen molar-refractivity contribution in [1.29, 1.82) is 0 Å². The molecule has 2 unspecified atom stereocenters. The lowest BCUT2D eigenvalue weighted by atomic mass is 9.45. The number of carbonyl (C=O) groups excluding carboxylic acids is 2. The van der Waals surface area contributed by atoms with Gasteiger partial charge in [-0.05, 0) is 51.4 Å². The summed E-state index contributed by atoms with van der Waals surface area (Å²) < 4.78 is 0. The Balaban J connectivity index is 6.44. The Morgan fingerprint density at radius 2 is 1.21 bits per heavy atom. The third-order valence-corrected chi connectivity index (χ3v) is 8.65. The first-order chi connectivity index (χ1) is 15.4. The van der Waals surface area contributed by atoms with Crippen molar-refractivity contribution in [2.45, 2.75) is 136 Å². The third-order valence-electron chi connectivity index (χ3n) is 8.65. The van der Waals surface area contributed by atoms with Crippen LogP contribution >= 0.6 is 0 Å². The van der Waals surface area contributed by atoms with Gasteiger partial charge < -0.3 is 15.5 Å². The molecule has 0 amide bonds. The predicted molar refractivity (Wildman–Crippen MR) is 145 cm³/mol. The molecule has 4 N–H and O–H groups in total. The van der Waals surface area contributed by atoms with E-state index in [-0.39, 0.29) is 11.6 Å². The highest BCUT2D eigenvalue weighted by Gasteiger charge is 2.54. The number of rotatable bonds is 18. The van der Waals surface area contributed by atoms with E-state index in [4.69, 9.17) is 0 Å². The van der Waals surface area contributed by atoms with Gasteiger partial charge >= 0.3 is 0 Å². The van der Waals surface area contributed by atoms with Gasteiger partial charge in [-0.15, -0.1) is 0 Å². The van der Waals surface area contributed by atoms with Crippen LogP contribution in [0.2, 0.25) is 0 Å². The highest BCUT2D eigenvalue weighted by Crippen LogP contribution is 2.45. The van der Waals surface area contributed by atoms with Crippen LogP contribution in [0.1, 0.15) is 107 Å². The molecule has 0 radical (unpaired) electrons. The van der Waals surface area contributed by atoms with Crippen molar-refractivity contribution in [2.75, 3.05) is 0 Å². The largest absolute Gasteiger partial charge is 0.382 e. The third kappa shape index (κ3) is 6.53. The highest BCUT2D eigenvalue weighted by atomic mass is 16.3. The first-order valence-electron chi connectivity index (χ1n) is 13.4. The lowest BCUT2D eigenvalue weighted by Gasteiger charge is -2.52. The molecule has 0 rings (SSSR count). The van der Waals surface area contributed by atoms with Crippen molar-refractivity contribution < 1.29 is 19.8 Å². The molecule has 2 atom stereocenters. The second kappa shape index (κ2) is 13.5. The van der Waals surface area contributed by atoms with Crippen molar-refractivity contribution >= 4 is 34.3 Å². The molecule has 0 saturated carbocycles. The van der Waals surface area contributed by atoms with E-state index in [2.05, 4.69) is 24.5 Å². The van der Waals surface area contributed by atoms with E-state index in [0.717, 1.165) is 0 Å². The van der Waals surface area contributed by atoms with Gasteiger partial charge in [0.1, 0.15) is 32.1 Å². The number of carbonyl (C=O) groups is 2. The molecule has 6 nitrogen and oxygen atoms in total. The van der Waals surface area contributed by atoms with Crippen molar-refractivity contribution in [3.8, 4) is 0 Å². The van der Waals surface area contributed by atoms with Crippen molar-refractivity contribution in [3.05, 3.63) is 0 Å². The fourth-order valence-corrected chi connectivity index (χ4v) is 5.73. The number of aliphatic hydroxyl groups is 2. The van der Waals surface area contributed by atoms with E-state index in [1.807, 2.05) is 57.1 Å². The van der Waals surface area contributed by atoms with Crippen LogP contribution in [0.4, 0.5) is 0 Å². The summed E-state index contributed by atoms with van der Waals surface area (Å²) in [5.74, 6) is -1.20. The standard InChI is InChI=1S/C24H51B3N2O4/c1-9-21(10-2,18(31)20(27-26)29-24(33,15-7)16-8)23(13-5,14-6)28-19(25)17(30)22(32,11-3)12-4/h19-20,27-29,32-33H,9-16,25-26H2,1-8H3. The van der Waals surface area contributed by atoms with E-state index in [1.165, 1.54) is 0 Å². The molecule has 0 bridgehead atoms. The van der Waals surface area contributed by atoms with Crippen LogP contribution in [-0.2, 0) is 9.59 Å². The molecule has 0 aliphatic heterocycles.